The maximum Gasteiger partial charge on any atom is 0.338 e. The van der Waals surface area contributed by atoms with Crippen molar-refractivity contribution >= 4 is 47.8 Å². The molecule has 24 nitrogen and oxygen atoms in total. The minimum Gasteiger partial charge on any atom is -0.459 e. The molecule has 606 valence electrons. The summed E-state index contributed by atoms with van der Waals surface area (Å²) in [6, 6.07) is 90.5. The van der Waals surface area contributed by atoms with Gasteiger partial charge in [0, 0.05) is 0 Å². The van der Waals surface area contributed by atoms with Gasteiger partial charge in [0.05, 0.1) is 70.9 Å². The lowest BCUT2D eigenvalue weighted by molar-refractivity contribution is -0.374. The Kier molecular flexibility index (Phi) is 28.5. The Bertz CT molecular complexity index is 5090. The van der Waals surface area contributed by atoms with E-state index in [4.69, 9.17) is 75.8 Å². The predicted molar refractivity (Wildman–Crippen MR) is 425 cm³/mol. The number of carbonyl (C=O) groups is 8. The van der Waals surface area contributed by atoms with Crippen LogP contribution in [-0.2, 0) is 95.6 Å². The highest BCUT2D eigenvalue weighted by Crippen LogP contribution is 2.40. The first-order valence-electron chi connectivity index (χ1n) is 38.5. The molecule has 3 aliphatic rings. The largest absolute Gasteiger partial charge is 0.459 e. The zero-order valence-corrected chi connectivity index (χ0v) is 64.0. The molecule has 15 atom stereocenters. The van der Waals surface area contributed by atoms with E-state index >= 15 is 9.59 Å². The monoisotopic (exact) mass is 1610 g/mol. The molecule has 0 amide bonds. The molecule has 3 aliphatic heterocycles. The molecule has 3 heterocycles. The fraction of sp³-hybridized carbons (Fsp3) is 0.221. The molecule has 119 heavy (non-hydrogen) atoms. The second-order valence-corrected chi connectivity index (χ2v) is 27.7. The summed E-state index contributed by atoms with van der Waals surface area (Å²) < 4.78 is 108. The summed E-state index contributed by atoms with van der Waals surface area (Å²) in [5, 5.41) is 0. The van der Waals surface area contributed by atoms with Crippen molar-refractivity contribution in [3.8, 4) is 0 Å². The number of esters is 8. The maximum atomic E-state index is 15.2. The summed E-state index contributed by atoms with van der Waals surface area (Å²) in [7, 11) is 0. The highest BCUT2D eigenvalue weighted by molar-refractivity contribution is 5.94. The summed E-state index contributed by atoms with van der Waals surface area (Å²) in [6.07, 6.45) is -26.4. The predicted octanol–water partition coefficient (Wildman–Crippen LogP) is 14.0. The molecule has 15 unspecified atom stereocenters. The molecule has 11 aromatic rings. The third-order valence-electron chi connectivity index (χ3n) is 19.6. The van der Waals surface area contributed by atoms with Crippen molar-refractivity contribution in [3.63, 3.8) is 0 Å². The van der Waals surface area contributed by atoms with Crippen LogP contribution in [0.1, 0.15) is 99.6 Å². The lowest BCUT2D eigenvalue weighted by atomic mass is 9.95. The smallest absolute Gasteiger partial charge is 0.338 e. The van der Waals surface area contributed by atoms with Crippen LogP contribution in [-0.4, -0.2) is 160 Å². The van der Waals surface area contributed by atoms with Gasteiger partial charge in [-0.3, -0.25) is 0 Å². The Morgan fingerprint density at radius 3 is 0.739 bits per heavy atom. The molecule has 0 saturated carbocycles. The second kappa shape index (κ2) is 41.1. The van der Waals surface area contributed by atoms with Crippen LogP contribution in [0.4, 0.5) is 0 Å². The van der Waals surface area contributed by atoms with Crippen molar-refractivity contribution in [1.82, 2.24) is 0 Å². The minimum atomic E-state index is -2.04. The normalized spacial score (nSPS) is 22.6. The third-order valence-corrected chi connectivity index (χ3v) is 19.6. The average Bonchev–Trinajstić information content (AvgIpc) is 0.774. The Balaban J connectivity index is 0.925. The quantitative estimate of drug-likeness (QED) is 0.0280. The zero-order chi connectivity index (χ0) is 82.1. The first kappa shape index (κ1) is 82.4. The van der Waals surface area contributed by atoms with Crippen LogP contribution in [0.15, 0.2) is 334 Å². The second-order valence-electron chi connectivity index (χ2n) is 27.7. The van der Waals surface area contributed by atoms with Crippen LogP contribution in [0.25, 0.3) is 0 Å². The van der Waals surface area contributed by atoms with Crippen molar-refractivity contribution in [2.75, 3.05) is 19.8 Å². The van der Waals surface area contributed by atoms with Crippen molar-refractivity contribution in [2.45, 2.75) is 112 Å². The zero-order valence-electron chi connectivity index (χ0n) is 64.0. The van der Waals surface area contributed by atoms with Crippen molar-refractivity contribution in [2.24, 2.45) is 0 Å². The molecule has 0 spiro atoms. The summed E-state index contributed by atoms with van der Waals surface area (Å²) in [5.41, 5.74) is 2.37. The topological polar surface area (TPSA) is 284 Å². The highest BCUT2D eigenvalue weighted by Gasteiger charge is 2.59. The summed E-state index contributed by atoms with van der Waals surface area (Å²) in [5.74, 6) is -7.52. The molecular weight excluding hydrogens is 1530 g/mol. The van der Waals surface area contributed by atoms with Crippen LogP contribution in [0.5, 0.6) is 0 Å². The van der Waals surface area contributed by atoms with Gasteiger partial charge >= 0.3 is 47.8 Å². The number of carbonyl (C=O) groups excluding carboxylic acids is 8. The Hall–Kier alpha value is -13.1. The van der Waals surface area contributed by atoms with E-state index in [0.29, 0.717) is 16.7 Å². The van der Waals surface area contributed by atoms with E-state index in [-0.39, 0.29) is 64.3 Å². The lowest BCUT2D eigenvalue weighted by Gasteiger charge is -2.50. The fourth-order valence-corrected chi connectivity index (χ4v) is 13.6. The molecule has 0 bridgehead atoms. The van der Waals surface area contributed by atoms with Gasteiger partial charge in [0.25, 0.3) is 0 Å². The van der Waals surface area contributed by atoms with Crippen molar-refractivity contribution < 1.29 is 114 Å². The van der Waals surface area contributed by atoms with Crippen molar-refractivity contribution in [3.05, 3.63) is 395 Å². The third kappa shape index (κ3) is 21.9. The minimum absolute atomic E-state index is 0.00829. The number of benzene rings is 11. The van der Waals surface area contributed by atoms with Gasteiger partial charge in [-0.1, -0.05) is 237 Å². The molecule has 0 aromatic heterocycles. The summed E-state index contributed by atoms with van der Waals surface area (Å²) in [6.45, 7) is -2.73. The molecule has 24 heteroatoms. The molecule has 3 saturated heterocycles. The molecule has 14 rings (SSSR count). The maximum absolute atomic E-state index is 15.2. The molecule has 0 aliphatic carbocycles. The van der Waals surface area contributed by atoms with Crippen LogP contribution in [0.3, 0.4) is 0 Å². The molecule has 0 radical (unpaired) electrons. The van der Waals surface area contributed by atoms with Crippen molar-refractivity contribution in [1.29, 1.82) is 0 Å². The number of hydrogen-bond donors (Lipinski definition) is 0. The molecule has 3 fully saturated rings. The fourth-order valence-electron chi connectivity index (χ4n) is 13.6. The Labute approximate surface area is 685 Å². The first-order chi connectivity index (χ1) is 58.3. The Morgan fingerprint density at radius 1 is 0.202 bits per heavy atom. The van der Waals surface area contributed by atoms with Crippen LogP contribution in [0.2, 0.25) is 0 Å². The van der Waals surface area contributed by atoms with Crippen LogP contribution >= 0.6 is 0 Å². The van der Waals surface area contributed by atoms with Gasteiger partial charge in [0.2, 0.25) is 0 Å². The van der Waals surface area contributed by atoms with E-state index in [0.717, 1.165) is 0 Å². The van der Waals surface area contributed by atoms with E-state index in [1.165, 1.54) is 97.1 Å². The summed E-state index contributed by atoms with van der Waals surface area (Å²) in [4.78, 5) is 118. The van der Waals surface area contributed by atoms with Gasteiger partial charge < -0.3 is 75.8 Å². The van der Waals surface area contributed by atoms with E-state index in [2.05, 4.69) is 0 Å². The van der Waals surface area contributed by atoms with Gasteiger partial charge in [-0.15, -0.1) is 0 Å². The molecular formula is C95H82O24. The van der Waals surface area contributed by atoms with Crippen LogP contribution in [0, 0.1) is 0 Å². The SMILES string of the molecule is O=C(OCC1OC(OCC2OC(OCc3ccccc3)C(OCc3ccccc3)C(OC3OC(COC(=O)c4ccccc4)C(OC(=O)c4ccccc4)C(OC(=O)c4ccccc4)C3OC(=O)c3ccccc3)C2OCc2ccccc2)C(OC(=O)c2ccccc2)C(OC(=O)c2ccccc2)C1OC(=O)c1ccccc1)c1ccccc1. The summed E-state index contributed by atoms with van der Waals surface area (Å²) >= 11 is 0. The first-order valence-corrected chi connectivity index (χ1v) is 38.5. The number of rotatable bonds is 32. The Morgan fingerprint density at radius 2 is 0.429 bits per heavy atom. The van der Waals surface area contributed by atoms with Gasteiger partial charge in [0.15, 0.2) is 55.5 Å². The standard InChI is InChI=1S/C95H82O24/c96-85(65-40-18-4-19-41-65)106-59-74-77(113-87(98)67-44-22-6-23-45-67)80(115-89(100)69-48-26-8-27-49-69)83(117-91(102)71-52-30-10-31-53-71)94(111-74)109-61-73-76(104-56-62-34-12-1-13-35-62)79(82(105-57-63-36-14-2-15-37-63)93(110-73)108-58-64-38-16-3-17-39-64)119-95-84(118-92(103)72-54-32-11-33-55-72)81(116-90(101)70-50-28-9-29-51-70)78(114-88(99)68-46-24-7-25-47-68)75(112-95)60-107-86(97)66-42-20-5-21-43-66/h1-55,73-84,93-95H,56-61H2. The molecule has 0 N–H and O–H groups in total. The van der Waals surface area contributed by atoms with Gasteiger partial charge in [-0.05, 0) is 114 Å². The lowest BCUT2D eigenvalue weighted by Crippen LogP contribution is -2.67. The van der Waals surface area contributed by atoms with E-state index in [9.17, 15) is 28.8 Å². The number of ether oxygens (including phenoxy) is 16. The van der Waals surface area contributed by atoms with Gasteiger partial charge in [-0.25, -0.2) is 38.4 Å². The highest BCUT2D eigenvalue weighted by atomic mass is 16.8. The number of hydrogen-bond acceptors (Lipinski definition) is 24. The molecule has 11 aromatic carbocycles. The van der Waals surface area contributed by atoms with Gasteiger partial charge in [0.1, 0.15) is 49.8 Å². The van der Waals surface area contributed by atoms with E-state index in [1.807, 2.05) is 66.7 Å². The van der Waals surface area contributed by atoms with Gasteiger partial charge in [-0.2, -0.15) is 0 Å². The van der Waals surface area contributed by atoms with E-state index < -0.39 is 160 Å². The van der Waals surface area contributed by atoms with Crippen LogP contribution < -0.4 is 0 Å². The van der Waals surface area contributed by atoms with E-state index in [1.54, 1.807) is 170 Å². The average molecular weight is 1610 g/mol.